The van der Waals surface area contributed by atoms with E-state index in [2.05, 4.69) is 10.4 Å². The van der Waals surface area contributed by atoms with E-state index in [1.807, 2.05) is 20.8 Å². The summed E-state index contributed by atoms with van der Waals surface area (Å²) in [6.07, 6.45) is 1.74. The van der Waals surface area contributed by atoms with Gasteiger partial charge >= 0.3 is 0 Å². The molecular weight excluding hydrogens is 258 g/mol. The summed E-state index contributed by atoms with van der Waals surface area (Å²) in [5, 5.41) is 6.72. The molecule has 1 aromatic heterocycles. The average Bonchev–Trinajstić information content (AvgIpc) is 2.81. The summed E-state index contributed by atoms with van der Waals surface area (Å²) in [6, 6.07) is 0. The summed E-state index contributed by atoms with van der Waals surface area (Å²) >= 11 is 0. The molecule has 0 aliphatic heterocycles. The van der Waals surface area contributed by atoms with E-state index in [4.69, 9.17) is 5.73 Å². The Bertz CT molecular complexity index is 465. The second kappa shape index (κ2) is 7.52. The molecule has 20 heavy (non-hydrogen) atoms. The van der Waals surface area contributed by atoms with Crippen molar-refractivity contribution in [2.75, 3.05) is 25.4 Å². The molecule has 0 atom stereocenters. The Morgan fingerprint density at radius 3 is 2.55 bits per heavy atom. The number of carbonyl (C=O) groups excluding carboxylic acids is 2. The number of nitrogens with two attached hydrogens (primary N) is 1. The smallest absolute Gasteiger partial charge is 0.271 e. The van der Waals surface area contributed by atoms with Crippen LogP contribution < -0.4 is 11.1 Å². The van der Waals surface area contributed by atoms with Crippen molar-refractivity contribution in [3.63, 3.8) is 0 Å². The monoisotopic (exact) mass is 281 g/mol. The molecular formula is C13H23N5O2. The maximum Gasteiger partial charge on any atom is 0.271 e. The van der Waals surface area contributed by atoms with Crippen molar-refractivity contribution in [3.8, 4) is 0 Å². The van der Waals surface area contributed by atoms with Crippen molar-refractivity contribution in [1.82, 2.24) is 20.0 Å². The van der Waals surface area contributed by atoms with Gasteiger partial charge in [-0.05, 0) is 20.8 Å². The Morgan fingerprint density at radius 2 is 2.00 bits per heavy atom. The van der Waals surface area contributed by atoms with E-state index in [-0.39, 0.29) is 18.2 Å². The van der Waals surface area contributed by atoms with Gasteiger partial charge in [0.2, 0.25) is 5.91 Å². The zero-order chi connectivity index (χ0) is 15.1. The minimum Gasteiger partial charge on any atom is -0.396 e. The number of nitrogen functional groups attached to an aromatic ring is 1. The van der Waals surface area contributed by atoms with Crippen LogP contribution >= 0.6 is 0 Å². The van der Waals surface area contributed by atoms with E-state index in [9.17, 15) is 9.59 Å². The number of nitrogens with one attached hydrogen (secondary N) is 1. The van der Waals surface area contributed by atoms with Crippen molar-refractivity contribution < 1.29 is 9.59 Å². The van der Waals surface area contributed by atoms with Crippen molar-refractivity contribution in [1.29, 1.82) is 0 Å². The molecule has 3 N–H and O–H groups in total. The van der Waals surface area contributed by atoms with Crippen molar-refractivity contribution in [2.24, 2.45) is 0 Å². The minimum atomic E-state index is -0.297. The summed E-state index contributed by atoms with van der Waals surface area (Å²) < 4.78 is 1.54. The third-order valence-electron chi connectivity index (χ3n) is 3.12. The Kier molecular flexibility index (Phi) is 6.02. The number of amides is 2. The number of hydrogen-bond acceptors (Lipinski definition) is 4. The third-order valence-corrected chi connectivity index (χ3v) is 3.12. The van der Waals surface area contributed by atoms with Crippen LogP contribution in [0.3, 0.4) is 0 Å². The van der Waals surface area contributed by atoms with Crippen LogP contribution in [0.5, 0.6) is 0 Å². The Balaban J connectivity index is 2.52. The summed E-state index contributed by atoms with van der Waals surface area (Å²) in [5.41, 5.74) is 6.42. The molecule has 7 nitrogen and oxygen atoms in total. The number of aryl methyl sites for hydroxylation is 1. The fourth-order valence-corrected chi connectivity index (χ4v) is 1.99. The molecule has 0 bridgehead atoms. The van der Waals surface area contributed by atoms with Crippen LogP contribution in [0, 0.1) is 0 Å². The normalized spacial score (nSPS) is 10.3. The topological polar surface area (TPSA) is 93.2 Å². The molecule has 0 fully saturated rings. The first-order valence-electron chi connectivity index (χ1n) is 6.92. The van der Waals surface area contributed by atoms with Gasteiger partial charge in [-0.25, -0.2) is 0 Å². The number of nitrogens with zero attached hydrogens (tertiary/aromatic N) is 3. The third kappa shape index (κ3) is 3.72. The molecule has 0 aliphatic carbocycles. The summed E-state index contributed by atoms with van der Waals surface area (Å²) in [5.74, 6) is -0.263. The van der Waals surface area contributed by atoms with Crippen molar-refractivity contribution in [2.45, 2.75) is 33.7 Å². The SMILES string of the molecule is CCN(CC)C(=O)CCNC(=O)c1c(N)cnn1CC. The summed E-state index contributed by atoms with van der Waals surface area (Å²) in [7, 11) is 0. The predicted molar refractivity (Wildman–Crippen MR) is 77.2 cm³/mol. The van der Waals surface area contributed by atoms with Gasteiger partial charge < -0.3 is 16.0 Å². The molecule has 0 saturated heterocycles. The highest BCUT2D eigenvalue weighted by atomic mass is 16.2. The number of aromatic nitrogens is 2. The van der Waals surface area contributed by atoms with Gasteiger partial charge in [-0.2, -0.15) is 5.10 Å². The van der Waals surface area contributed by atoms with Crippen LogP contribution in [0.4, 0.5) is 5.69 Å². The van der Waals surface area contributed by atoms with Crippen molar-refractivity contribution >= 4 is 17.5 Å². The minimum absolute atomic E-state index is 0.0345. The quantitative estimate of drug-likeness (QED) is 0.760. The molecule has 0 aliphatic rings. The lowest BCUT2D eigenvalue weighted by atomic mass is 10.3. The molecule has 2 amide bonds. The number of hydrogen-bond donors (Lipinski definition) is 2. The van der Waals surface area contributed by atoms with Crippen LogP contribution in [0.1, 0.15) is 37.7 Å². The first-order chi connectivity index (χ1) is 9.54. The molecule has 0 aromatic carbocycles. The molecule has 7 heteroatoms. The fourth-order valence-electron chi connectivity index (χ4n) is 1.99. The first kappa shape index (κ1) is 16.0. The molecule has 0 spiro atoms. The second-order valence-electron chi connectivity index (χ2n) is 4.34. The standard InChI is InChI=1S/C13H23N5O2/c1-4-17(5-2)11(19)7-8-15-13(20)12-10(14)9-16-18(12)6-3/h9H,4-8,14H2,1-3H3,(H,15,20). The molecule has 0 radical (unpaired) electrons. The van der Waals surface area contributed by atoms with Gasteiger partial charge in [0.15, 0.2) is 0 Å². The zero-order valence-electron chi connectivity index (χ0n) is 12.3. The number of anilines is 1. The molecule has 0 saturated carbocycles. The molecule has 0 unspecified atom stereocenters. The number of carbonyl (C=O) groups is 2. The van der Waals surface area contributed by atoms with Crippen LogP contribution in [0.15, 0.2) is 6.20 Å². The van der Waals surface area contributed by atoms with E-state index in [1.54, 1.807) is 4.90 Å². The maximum atomic E-state index is 12.0. The van der Waals surface area contributed by atoms with Gasteiger partial charge in [-0.15, -0.1) is 0 Å². The molecule has 1 heterocycles. The highest BCUT2D eigenvalue weighted by Gasteiger charge is 2.16. The molecule has 1 rings (SSSR count). The van der Waals surface area contributed by atoms with Crippen LogP contribution in [-0.4, -0.2) is 46.1 Å². The Labute approximate surface area is 119 Å². The van der Waals surface area contributed by atoms with Gasteiger partial charge in [-0.3, -0.25) is 14.3 Å². The van der Waals surface area contributed by atoms with E-state index in [0.717, 1.165) is 0 Å². The summed E-state index contributed by atoms with van der Waals surface area (Å²) in [6.45, 7) is 7.96. The van der Waals surface area contributed by atoms with Gasteiger partial charge in [-0.1, -0.05) is 0 Å². The fraction of sp³-hybridized carbons (Fsp3) is 0.615. The van der Waals surface area contributed by atoms with E-state index in [1.165, 1.54) is 10.9 Å². The number of rotatable bonds is 7. The van der Waals surface area contributed by atoms with E-state index >= 15 is 0 Å². The predicted octanol–water partition coefficient (Wildman–Crippen LogP) is 0.474. The zero-order valence-corrected chi connectivity index (χ0v) is 12.3. The summed E-state index contributed by atoms with van der Waals surface area (Å²) in [4.78, 5) is 25.5. The lowest BCUT2D eigenvalue weighted by Gasteiger charge is -2.18. The van der Waals surface area contributed by atoms with Crippen LogP contribution in [-0.2, 0) is 11.3 Å². The lowest BCUT2D eigenvalue weighted by Crippen LogP contribution is -2.35. The highest BCUT2D eigenvalue weighted by Crippen LogP contribution is 2.10. The highest BCUT2D eigenvalue weighted by molar-refractivity contribution is 5.97. The molecule has 112 valence electrons. The second-order valence-corrected chi connectivity index (χ2v) is 4.34. The lowest BCUT2D eigenvalue weighted by molar-refractivity contribution is -0.130. The van der Waals surface area contributed by atoms with Gasteiger partial charge in [0.05, 0.1) is 11.9 Å². The molecule has 1 aromatic rings. The maximum absolute atomic E-state index is 12.0. The van der Waals surface area contributed by atoms with Gasteiger partial charge in [0.1, 0.15) is 5.69 Å². The Hall–Kier alpha value is -2.05. The van der Waals surface area contributed by atoms with E-state index < -0.39 is 0 Å². The van der Waals surface area contributed by atoms with E-state index in [0.29, 0.717) is 37.6 Å². The largest absolute Gasteiger partial charge is 0.396 e. The first-order valence-corrected chi connectivity index (χ1v) is 6.92. The average molecular weight is 281 g/mol. The van der Waals surface area contributed by atoms with Crippen molar-refractivity contribution in [3.05, 3.63) is 11.9 Å². The van der Waals surface area contributed by atoms with Crippen LogP contribution in [0.25, 0.3) is 0 Å². The van der Waals surface area contributed by atoms with Gasteiger partial charge in [0, 0.05) is 32.6 Å². The van der Waals surface area contributed by atoms with Crippen LogP contribution in [0.2, 0.25) is 0 Å². The van der Waals surface area contributed by atoms with Gasteiger partial charge in [0.25, 0.3) is 5.91 Å². The Morgan fingerprint density at radius 1 is 1.35 bits per heavy atom.